The van der Waals surface area contributed by atoms with Crippen LogP contribution in [0.5, 0.6) is 0 Å². The average Bonchev–Trinajstić information content (AvgIpc) is 3.33. The maximum Gasteiger partial charge on any atom is 0.191 e. The normalized spacial score (nSPS) is 22.0. The van der Waals surface area contributed by atoms with E-state index < -0.39 is 0 Å². The molecule has 0 bridgehead atoms. The molecule has 2 aliphatic rings. The summed E-state index contributed by atoms with van der Waals surface area (Å²) in [7, 11) is 1.98. The highest BCUT2D eigenvalue weighted by Crippen LogP contribution is 2.15. The fraction of sp³-hybridized carbons (Fsp3) is 0.850. The highest BCUT2D eigenvalue weighted by atomic mass is 16.5. The number of rotatable bonds is 8. The summed E-state index contributed by atoms with van der Waals surface area (Å²) in [5, 5.41) is 15.3. The van der Waals surface area contributed by atoms with Crippen molar-refractivity contribution in [2.45, 2.75) is 58.6 Å². The Bertz CT molecular complexity index is 616. The Hall–Kier alpha value is -1.67. The smallest absolute Gasteiger partial charge is 0.191 e. The summed E-state index contributed by atoms with van der Waals surface area (Å²) in [5.41, 5.74) is 0. The predicted molar refractivity (Wildman–Crippen MR) is 111 cm³/mol. The SMILES string of the molecule is Cc1nnc(CN=C(NCCCN2CCC(C)CC2)NCC2CCCO2)n1C. The first-order chi connectivity index (χ1) is 13.6. The lowest BCUT2D eigenvalue weighted by atomic mass is 9.99. The minimum atomic E-state index is 0.291. The van der Waals surface area contributed by atoms with Crippen molar-refractivity contribution < 1.29 is 4.74 Å². The lowest BCUT2D eigenvalue weighted by Gasteiger charge is -2.30. The monoisotopic (exact) mass is 391 g/mol. The Labute approximate surface area is 169 Å². The Morgan fingerprint density at radius 3 is 2.71 bits per heavy atom. The number of nitrogens with zero attached hydrogens (tertiary/aromatic N) is 5. The van der Waals surface area contributed by atoms with Crippen LogP contribution in [-0.2, 0) is 18.3 Å². The number of guanidine groups is 1. The van der Waals surface area contributed by atoms with E-state index in [1.165, 1.54) is 25.9 Å². The van der Waals surface area contributed by atoms with E-state index in [1.807, 2.05) is 18.5 Å². The van der Waals surface area contributed by atoms with Crippen LogP contribution in [0.15, 0.2) is 4.99 Å². The number of hydrogen-bond donors (Lipinski definition) is 2. The summed E-state index contributed by atoms with van der Waals surface area (Å²) in [6, 6.07) is 0. The molecule has 1 aromatic heterocycles. The topological polar surface area (TPSA) is 79.6 Å². The van der Waals surface area contributed by atoms with Crippen molar-refractivity contribution in [1.29, 1.82) is 0 Å². The minimum absolute atomic E-state index is 0.291. The highest BCUT2D eigenvalue weighted by Gasteiger charge is 2.17. The molecule has 2 saturated heterocycles. The van der Waals surface area contributed by atoms with E-state index in [0.717, 1.165) is 69.0 Å². The number of piperidine rings is 1. The van der Waals surface area contributed by atoms with Gasteiger partial charge in [-0.3, -0.25) is 0 Å². The van der Waals surface area contributed by atoms with Crippen molar-refractivity contribution in [3.8, 4) is 0 Å². The number of nitrogens with one attached hydrogen (secondary N) is 2. The second-order valence-corrected chi connectivity index (χ2v) is 8.21. The first-order valence-corrected chi connectivity index (χ1v) is 10.8. The summed E-state index contributed by atoms with van der Waals surface area (Å²) < 4.78 is 7.71. The molecule has 0 radical (unpaired) electrons. The van der Waals surface area contributed by atoms with Gasteiger partial charge in [-0.25, -0.2) is 4.99 Å². The van der Waals surface area contributed by atoms with Crippen LogP contribution in [0.4, 0.5) is 0 Å². The van der Waals surface area contributed by atoms with Crippen molar-refractivity contribution in [2.24, 2.45) is 18.0 Å². The molecule has 0 spiro atoms. The molecule has 0 amide bonds. The molecule has 2 aliphatic heterocycles. The zero-order valence-corrected chi connectivity index (χ0v) is 17.8. The fourth-order valence-electron chi connectivity index (χ4n) is 3.72. The van der Waals surface area contributed by atoms with Gasteiger partial charge in [-0.2, -0.15) is 0 Å². The van der Waals surface area contributed by atoms with Gasteiger partial charge in [0.2, 0.25) is 0 Å². The van der Waals surface area contributed by atoms with Gasteiger partial charge < -0.3 is 24.8 Å². The molecule has 158 valence electrons. The summed E-state index contributed by atoms with van der Waals surface area (Å²) in [6.07, 6.45) is 6.35. The molecule has 3 heterocycles. The molecule has 2 fully saturated rings. The molecule has 1 atom stereocenters. The molecule has 8 nitrogen and oxygen atoms in total. The molecule has 0 aliphatic carbocycles. The van der Waals surface area contributed by atoms with Crippen LogP contribution in [0.1, 0.15) is 50.7 Å². The van der Waals surface area contributed by atoms with Crippen LogP contribution in [0, 0.1) is 12.8 Å². The van der Waals surface area contributed by atoms with Gasteiger partial charge in [-0.15, -0.1) is 10.2 Å². The first-order valence-electron chi connectivity index (χ1n) is 10.8. The summed E-state index contributed by atoms with van der Waals surface area (Å²) in [5.74, 6) is 3.50. The Morgan fingerprint density at radius 2 is 2.04 bits per heavy atom. The maximum atomic E-state index is 5.72. The standard InChI is InChI=1S/C20H37N7O/c1-16-7-11-27(12-8-16)10-5-9-21-20(22-14-18-6-4-13-28-18)23-15-19-25-24-17(2)26(19)3/h16,18H,4-15H2,1-3H3,(H2,21,22,23). The lowest BCUT2D eigenvalue weighted by molar-refractivity contribution is 0.113. The predicted octanol–water partition coefficient (Wildman–Crippen LogP) is 1.46. The number of likely N-dealkylation sites (tertiary alicyclic amines) is 1. The van der Waals surface area contributed by atoms with E-state index in [0.29, 0.717) is 12.6 Å². The van der Waals surface area contributed by atoms with Crippen LogP contribution < -0.4 is 10.6 Å². The van der Waals surface area contributed by atoms with Gasteiger partial charge in [-0.05, 0) is 64.6 Å². The van der Waals surface area contributed by atoms with Gasteiger partial charge in [0.1, 0.15) is 12.4 Å². The molecule has 1 aromatic rings. The maximum absolute atomic E-state index is 5.72. The zero-order valence-electron chi connectivity index (χ0n) is 17.8. The van der Waals surface area contributed by atoms with Crippen LogP contribution in [-0.4, -0.2) is 71.1 Å². The quantitative estimate of drug-likeness (QED) is 0.397. The fourth-order valence-corrected chi connectivity index (χ4v) is 3.72. The van der Waals surface area contributed by atoms with E-state index in [1.54, 1.807) is 0 Å². The van der Waals surface area contributed by atoms with E-state index in [-0.39, 0.29) is 0 Å². The van der Waals surface area contributed by atoms with Gasteiger partial charge in [-0.1, -0.05) is 6.92 Å². The van der Waals surface area contributed by atoms with Crippen LogP contribution in [0.25, 0.3) is 0 Å². The second kappa shape index (κ2) is 10.8. The third kappa shape index (κ3) is 6.44. The zero-order chi connectivity index (χ0) is 19.8. The molecule has 0 aromatic carbocycles. The second-order valence-electron chi connectivity index (χ2n) is 8.21. The van der Waals surface area contributed by atoms with Crippen molar-refractivity contribution in [2.75, 3.05) is 39.3 Å². The van der Waals surface area contributed by atoms with E-state index >= 15 is 0 Å². The lowest BCUT2D eigenvalue weighted by Crippen LogP contribution is -2.42. The first kappa shape index (κ1) is 21.0. The van der Waals surface area contributed by atoms with Crippen LogP contribution in [0.3, 0.4) is 0 Å². The number of aryl methyl sites for hydroxylation is 1. The number of ether oxygens (including phenoxy) is 1. The van der Waals surface area contributed by atoms with Gasteiger partial charge in [0.15, 0.2) is 11.8 Å². The number of aromatic nitrogens is 3. The molecule has 8 heteroatoms. The van der Waals surface area contributed by atoms with Gasteiger partial charge >= 0.3 is 0 Å². The average molecular weight is 392 g/mol. The summed E-state index contributed by atoms with van der Waals surface area (Å²) in [6.45, 7) is 11.1. The molecular formula is C20H37N7O. The molecule has 2 N–H and O–H groups in total. The third-order valence-electron chi connectivity index (χ3n) is 5.90. The Balaban J connectivity index is 1.45. The minimum Gasteiger partial charge on any atom is -0.376 e. The van der Waals surface area contributed by atoms with Crippen molar-refractivity contribution in [3.05, 3.63) is 11.6 Å². The van der Waals surface area contributed by atoms with Crippen molar-refractivity contribution in [3.63, 3.8) is 0 Å². The highest BCUT2D eigenvalue weighted by molar-refractivity contribution is 5.79. The van der Waals surface area contributed by atoms with Crippen LogP contribution >= 0.6 is 0 Å². The molecule has 1 unspecified atom stereocenters. The number of aliphatic imine (C=N–C) groups is 1. The number of hydrogen-bond acceptors (Lipinski definition) is 5. The van der Waals surface area contributed by atoms with E-state index in [2.05, 4.69) is 32.7 Å². The largest absolute Gasteiger partial charge is 0.376 e. The van der Waals surface area contributed by atoms with Crippen molar-refractivity contribution in [1.82, 2.24) is 30.3 Å². The van der Waals surface area contributed by atoms with Crippen LogP contribution in [0.2, 0.25) is 0 Å². The third-order valence-corrected chi connectivity index (χ3v) is 5.90. The Kier molecular flexibility index (Phi) is 8.09. The summed E-state index contributed by atoms with van der Waals surface area (Å²) >= 11 is 0. The van der Waals surface area contributed by atoms with E-state index in [9.17, 15) is 0 Å². The van der Waals surface area contributed by atoms with Crippen molar-refractivity contribution >= 4 is 5.96 Å². The van der Waals surface area contributed by atoms with E-state index in [4.69, 9.17) is 9.73 Å². The Morgan fingerprint density at radius 1 is 1.21 bits per heavy atom. The molecule has 28 heavy (non-hydrogen) atoms. The summed E-state index contributed by atoms with van der Waals surface area (Å²) in [4.78, 5) is 7.31. The van der Waals surface area contributed by atoms with Gasteiger partial charge in [0.05, 0.1) is 6.10 Å². The van der Waals surface area contributed by atoms with Gasteiger partial charge in [0.25, 0.3) is 0 Å². The molecule has 3 rings (SSSR count). The molecular weight excluding hydrogens is 354 g/mol. The van der Waals surface area contributed by atoms with Gasteiger partial charge in [0, 0.05) is 26.7 Å². The molecule has 0 saturated carbocycles.